The van der Waals surface area contributed by atoms with Crippen molar-refractivity contribution in [2.75, 3.05) is 19.8 Å². The van der Waals surface area contributed by atoms with Crippen LogP contribution in [0.3, 0.4) is 0 Å². The van der Waals surface area contributed by atoms with Crippen molar-refractivity contribution in [3.8, 4) is 0 Å². The van der Waals surface area contributed by atoms with Crippen molar-refractivity contribution in [1.82, 2.24) is 15.2 Å². The lowest BCUT2D eigenvalue weighted by molar-refractivity contribution is 0.00356. The molecule has 2 atom stereocenters. The zero-order valence-corrected chi connectivity index (χ0v) is 15.1. The summed E-state index contributed by atoms with van der Waals surface area (Å²) < 4.78 is 11.2. The summed E-state index contributed by atoms with van der Waals surface area (Å²) in [4.78, 5) is 19.1. The Bertz CT molecular complexity index is 697. The Morgan fingerprint density at radius 2 is 2.38 bits per heavy atom. The van der Waals surface area contributed by atoms with Crippen LogP contribution in [0.25, 0.3) is 0 Å². The molecule has 0 spiro atoms. The molecule has 1 aliphatic rings. The SMILES string of the molecule is CCc1nc(C(C)NC(=O)N2CCOCC2c2ccc(C)o2)cs1. The van der Waals surface area contributed by atoms with Gasteiger partial charge >= 0.3 is 6.03 Å². The number of carbonyl (C=O) groups excluding carboxylic acids is 1. The van der Waals surface area contributed by atoms with E-state index in [2.05, 4.69) is 17.2 Å². The maximum absolute atomic E-state index is 12.7. The molecule has 3 heterocycles. The Kier molecular flexibility index (Phi) is 5.20. The van der Waals surface area contributed by atoms with E-state index in [1.54, 1.807) is 16.2 Å². The monoisotopic (exact) mass is 349 g/mol. The van der Waals surface area contributed by atoms with Gasteiger partial charge in [-0.2, -0.15) is 0 Å². The fourth-order valence-corrected chi connectivity index (χ4v) is 3.58. The number of aromatic nitrogens is 1. The first-order valence-electron chi connectivity index (χ1n) is 8.24. The minimum Gasteiger partial charge on any atom is -0.464 e. The van der Waals surface area contributed by atoms with Gasteiger partial charge in [-0.25, -0.2) is 9.78 Å². The Labute approximate surface area is 145 Å². The second kappa shape index (κ2) is 7.36. The predicted octanol–water partition coefficient (Wildman–Crippen LogP) is 3.45. The quantitative estimate of drug-likeness (QED) is 0.918. The Hall–Kier alpha value is -1.86. The Morgan fingerprint density at radius 3 is 3.04 bits per heavy atom. The first-order valence-corrected chi connectivity index (χ1v) is 9.12. The zero-order valence-electron chi connectivity index (χ0n) is 14.2. The fraction of sp³-hybridized carbons (Fsp3) is 0.529. The smallest absolute Gasteiger partial charge is 0.318 e. The van der Waals surface area contributed by atoms with E-state index in [9.17, 15) is 4.79 Å². The summed E-state index contributed by atoms with van der Waals surface area (Å²) in [7, 11) is 0. The third kappa shape index (κ3) is 3.62. The van der Waals surface area contributed by atoms with E-state index in [0.717, 1.165) is 28.6 Å². The van der Waals surface area contributed by atoms with E-state index in [4.69, 9.17) is 9.15 Å². The van der Waals surface area contributed by atoms with Crippen molar-refractivity contribution in [3.05, 3.63) is 39.7 Å². The van der Waals surface area contributed by atoms with Gasteiger partial charge in [-0.1, -0.05) is 6.92 Å². The average molecular weight is 349 g/mol. The maximum atomic E-state index is 12.7. The van der Waals surface area contributed by atoms with Crippen LogP contribution >= 0.6 is 11.3 Å². The van der Waals surface area contributed by atoms with E-state index in [0.29, 0.717) is 19.8 Å². The number of thiazole rings is 1. The van der Waals surface area contributed by atoms with Crippen molar-refractivity contribution < 1.29 is 13.9 Å². The lowest BCUT2D eigenvalue weighted by Crippen LogP contribution is -2.48. The summed E-state index contributed by atoms with van der Waals surface area (Å²) in [5.74, 6) is 1.59. The molecular formula is C17H23N3O3S. The van der Waals surface area contributed by atoms with E-state index in [1.807, 2.05) is 31.4 Å². The molecule has 3 rings (SSSR count). The minimum absolute atomic E-state index is 0.115. The Balaban J connectivity index is 1.69. The average Bonchev–Trinajstić information content (AvgIpc) is 3.23. The number of urea groups is 1. The highest BCUT2D eigenvalue weighted by Crippen LogP contribution is 2.26. The van der Waals surface area contributed by atoms with Crippen LogP contribution in [-0.4, -0.2) is 35.7 Å². The van der Waals surface area contributed by atoms with Gasteiger partial charge in [0.15, 0.2) is 0 Å². The van der Waals surface area contributed by atoms with Crippen molar-refractivity contribution in [2.45, 2.75) is 39.3 Å². The highest BCUT2D eigenvalue weighted by molar-refractivity contribution is 7.09. The molecule has 0 saturated carbocycles. The normalized spacial score (nSPS) is 19.3. The van der Waals surface area contributed by atoms with Gasteiger partial charge in [0.25, 0.3) is 0 Å². The molecule has 0 radical (unpaired) electrons. The van der Waals surface area contributed by atoms with E-state index in [1.165, 1.54) is 0 Å². The summed E-state index contributed by atoms with van der Waals surface area (Å²) in [5.41, 5.74) is 0.906. The molecule has 7 heteroatoms. The number of rotatable bonds is 4. The molecule has 2 amide bonds. The molecule has 1 fully saturated rings. The minimum atomic E-state index is -0.193. The number of carbonyl (C=O) groups is 1. The second-order valence-electron chi connectivity index (χ2n) is 5.92. The van der Waals surface area contributed by atoms with Crippen molar-refractivity contribution in [3.63, 3.8) is 0 Å². The largest absolute Gasteiger partial charge is 0.464 e. The molecule has 1 N–H and O–H groups in total. The number of nitrogens with zero attached hydrogens (tertiary/aromatic N) is 2. The highest BCUT2D eigenvalue weighted by Gasteiger charge is 2.31. The van der Waals surface area contributed by atoms with Gasteiger partial charge in [0.05, 0.1) is 30.0 Å². The molecule has 24 heavy (non-hydrogen) atoms. The van der Waals surface area contributed by atoms with E-state index >= 15 is 0 Å². The van der Waals surface area contributed by atoms with E-state index in [-0.39, 0.29) is 18.1 Å². The molecule has 0 bridgehead atoms. The summed E-state index contributed by atoms with van der Waals surface area (Å²) in [5, 5.41) is 6.14. The van der Waals surface area contributed by atoms with Gasteiger partial charge < -0.3 is 19.4 Å². The predicted molar refractivity (Wildman–Crippen MR) is 92.1 cm³/mol. The first-order chi connectivity index (χ1) is 11.6. The molecule has 2 aromatic rings. The van der Waals surface area contributed by atoms with Crippen molar-refractivity contribution in [2.24, 2.45) is 0 Å². The standard InChI is InChI=1S/C17H23N3O3S/c1-4-16-19-13(10-24-16)12(3)18-17(21)20-7-8-22-9-14(20)15-6-5-11(2)23-15/h5-6,10,12,14H,4,7-9H2,1-3H3,(H,18,21). The van der Waals surface area contributed by atoms with Crippen LogP contribution in [0.1, 0.15) is 48.2 Å². The molecule has 1 saturated heterocycles. The van der Waals surface area contributed by atoms with E-state index < -0.39 is 0 Å². The maximum Gasteiger partial charge on any atom is 0.318 e. The second-order valence-corrected chi connectivity index (χ2v) is 6.87. The number of ether oxygens (including phenoxy) is 1. The van der Waals surface area contributed by atoms with Gasteiger partial charge in [0.2, 0.25) is 0 Å². The van der Waals surface area contributed by atoms with Crippen LogP contribution in [0.15, 0.2) is 21.9 Å². The summed E-state index contributed by atoms with van der Waals surface area (Å²) in [6.07, 6.45) is 0.911. The first kappa shape index (κ1) is 17.0. The number of hydrogen-bond donors (Lipinski definition) is 1. The van der Waals surface area contributed by atoms with Crippen LogP contribution in [0.2, 0.25) is 0 Å². The Morgan fingerprint density at radius 1 is 1.54 bits per heavy atom. The van der Waals surface area contributed by atoms with Crippen LogP contribution in [0.5, 0.6) is 0 Å². The van der Waals surface area contributed by atoms with Crippen LogP contribution < -0.4 is 5.32 Å². The molecule has 1 aliphatic heterocycles. The molecule has 2 aromatic heterocycles. The number of aryl methyl sites for hydroxylation is 2. The number of amides is 2. The zero-order chi connectivity index (χ0) is 17.1. The lowest BCUT2D eigenvalue weighted by Gasteiger charge is -2.35. The number of morpholine rings is 1. The fourth-order valence-electron chi connectivity index (χ4n) is 2.74. The summed E-state index contributed by atoms with van der Waals surface area (Å²) in [6, 6.07) is 3.38. The molecule has 6 nitrogen and oxygen atoms in total. The van der Waals surface area contributed by atoms with Gasteiger partial charge in [0.1, 0.15) is 17.6 Å². The number of furan rings is 1. The van der Waals surface area contributed by atoms with Crippen molar-refractivity contribution in [1.29, 1.82) is 0 Å². The molecule has 0 aliphatic carbocycles. The highest BCUT2D eigenvalue weighted by atomic mass is 32.1. The van der Waals surface area contributed by atoms with Gasteiger partial charge in [-0.05, 0) is 32.4 Å². The molecule has 130 valence electrons. The van der Waals surface area contributed by atoms with Crippen molar-refractivity contribution >= 4 is 17.4 Å². The summed E-state index contributed by atoms with van der Waals surface area (Å²) >= 11 is 1.63. The molecule has 0 aromatic carbocycles. The number of hydrogen-bond acceptors (Lipinski definition) is 5. The third-order valence-electron chi connectivity index (χ3n) is 4.13. The third-order valence-corrected chi connectivity index (χ3v) is 5.15. The van der Waals surface area contributed by atoms with Crippen LogP contribution in [0.4, 0.5) is 4.79 Å². The van der Waals surface area contributed by atoms with Crippen LogP contribution in [0, 0.1) is 6.92 Å². The van der Waals surface area contributed by atoms with Gasteiger partial charge in [-0.15, -0.1) is 11.3 Å². The van der Waals surface area contributed by atoms with Gasteiger partial charge in [-0.3, -0.25) is 0 Å². The molecule has 2 unspecified atom stereocenters. The summed E-state index contributed by atoms with van der Waals surface area (Å²) in [6.45, 7) is 7.46. The molecular weight excluding hydrogens is 326 g/mol. The van der Waals surface area contributed by atoms with Crippen LogP contribution in [-0.2, 0) is 11.2 Å². The topological polar surface area (TPSA) is 67.6 Å². The number of nitrogens with one attached hydrogen (secondary N) is 1. The lowest BCUT2D eigenvalue weighted by atomic mass is 10.2. The van der Waals surface area contributed by atoms with Gasteiger partial charge in [0, 0.05) is 11.9 Å².